The largest absolute Gasteiger partial charge is 0.348 e. The molecule has 1 saturated heterocycles. The van der Waals surface area contributed by atoms with Gasteiger partial charge >= 0.3 is 0 Å². The maximum absolute atomic E-state index is 12.5. The van der Waals surface area contributed by atoms with E-state index in [1.807, 2.05) is 45.0 Å². The lowest BCUT2D eigenvalue weighted by Crippen LogP contribution is -2.47. The van der Waals surface area contributed by atoms with Crippen LogP contribution in [-0.2, 0) is 9.59 Å². The summed E-state index contributed by atoms with van der Waals surface area (Å²) >= 11 is 3.41. The zero-order valence-corrected chi connectivity index (χ0v) is 14.9. The monoisotopic (exact) mass is 366 g/mol. The van der Waals surface area contributed by atoms with Gasteiger partial charge in [0.15, 0.2) is 0 Å². The van der Waals surface area contributed by atoms with E-state index in [4.69, 9.17) is 0 Å². The van der Waals surface area contributed by atoms with Crippen LogP contribution in [0.1, 0.15) is 45.2 Å². The molecule has 1 N–H and O–H groups in total. The summed E-state index contributed by atoms with van der Waals surface area (Å²) in [5.41, 5.74) is 1.05. The van der Waals surface area contributed by atoms with Gasteiger partial charge in [0.2, 0.25) is 11.8 Å². The second kappa shape index (κ2) is 7.27. The number of likely N-dealkylation sites (tertiary alicyclic amines) is 1. The van der Waals surface area contributed by atoms with Gasteiger partial charge in [-0.15, -0.1) is 0 Å². The Hall–Kier alpha value is -1.36. The highest BCUT2D eigenvalue weighted by Crippen LogP contribution is 2.22. The first kappa shape index (κ1) is 17.0. The molecule has 2 amide bonds. The van der Waals surface area contributed by atoms with E-state index in [0.29, 0.717) is 6.54 Å². The molecule has 0 unspecified atom stereocenters. The van der Waals surface area contributed by atoms with E-state index in [2.05, 4.69) is 21.2 Å². The third-order valence-corrected chi connectivity index (χ3v) is 4.59. The van der Waals surface area contributed by atoms with Crippen molar-refractivity contribution in [2.75, 3.05) is 6.54 Å². The number of nitrogens with zero attached hydrogens (tertiary/aromatic N) is 1. The number of carbonyl (C=O) groups excluding carboxylic acids is 2. The Labute approximate surface area is 140 Å². The number of halogens is 1. The standard InChI is InChI=1S/C17H23BrN2O2/c1-11(2)17(22)20-10-4-5-15(20)16(21)19-12(3)13-6-8-14(18)9-7-13/h6-9,11-12,15H,4-5,10H2,1-3H3,(H,19,21)/t12-,15+/m0/s1. The van der Waals surface area contributed by atoms with E-state index in [1.165, 1.54) is 0 Å². The van der Waals surface area contributed by atoms with Gasteiger partial charge in [-0.25, -0.2) is 0 Å². The molecule has 1 fully saturated rings. The fourth-order valence-corrected chi connectivity index (χ4v) is 3.04. The lowest BCUT2D eigenvalue weighted by molar-refractivity contribution is -0.141. The first-order chi connectivity index (χ1) is 10.4. The molecule has 0 aromatic heterocycles. The number of amides is 2. The number of hydrogen-bond acceptors (Lipinski definition) is 2. The molecule has 0 radical (unpaired) electrons. The third-order valence-electron chi connectivity index (χ3n) is 4.06. The molecule has 0 aliphatic carbocycles. The molecule has 2 rings (SSSR count). The molecule has 4 nitrogen and oxygen atoms in total. The predicted octanol–water partition coefficient (Wildman–Crippen LogP) is 3.27. The van der Waals surface area contributed by atoms with Crippen molar-refractivity contribution < 1.29 is 9.59 Å². The summed E-state index contributed by atoms with van der Waals surface area (Å²) in [4.78, 5) is 26.4. The van der Waals surface area contributed by atoms with E-state index in [0.717, 1.165) is 22.9 Å². The first-order valence-corrected chi connectivity index (χ1v) is 8.55. The van der Waals surface area contributed by atoms with Crippen LogP contribution in [0.5, 0.6) is 0 Å². The molecule has 0 spiro atoms. The Kier molecular flexibility index (Phi) is 5.62. The molecule has 2 atom stereocenters. The molecule has 5 heteroatoms. The maximum Gasteiger partial charge on any atom is 0.243 e. The van der Waals surface area contributed by atoms with Crippen molar-refractivity contribution in [3.05, 3.63) is 34.3 Å². The smallest absolute Gasteiger partial charge is 0.243 e. The van der Waals surface area contributed by atoms with Gasteiger partial charge in [0, 0.05) is 16.9 Å². The first-order valence-electron chi connectivity index (χ1n) is 7.76. The van der Waals surface area contributed by atoms with E-state index in [-0.39, 0.29) is 29.8 Å². The normalized spacial score (nSPS) is 19.3. The van der Waals surface area contributed by atoms with Crippen molar-refractivity contribution in [2.45, 2.75) is 45.7 Å². The summed E-state index contributed by atoms with van der Waals surface area (Å²) in [5.74, 6) is -0.0619. The van der Waals surface area contributed by atoms with Gasteiger partial charge in [0.1, 0.15) is 6.04 Å². The summed E-state index contributed by atoms with van der Waals surface area (Å²) in [5, 5.41) is 3.03. The molecule has 1 aromatic rings. The predicted molar refractivity (Wildman–Crippen MR) is 90.3 cm³/mol. The van der Waals surface area contributed by atoms with E-state index < -0.39 is 0 Å². The van der Waals surface area contributed by atoms with Crippen LogP contribution in [0.4, 0.5) is 0 Å². The fraction of sp³-hybridized carbons (Fsp3) is 0.529. The van der Waals surface area contributed by atoms with Crippen molar-refractivity contribution in [3.63, 3.8) is 0 Å². The highest BCUT2D eigenvalue weighted by molar-refractivity contribution is 9.10. The molecule has 120 valence electrons. The zero-order valence-electron chi connectivity index (χ0n) is 13.3. The topological polar surface area (TPSA) is 49.4 Å². The molecule has 1 heterocycles. The Morgan fingerprint density at radius 3 is 2.45 bits per heavy atom. The van der Waals surface area contributed by atoms with Crippen LogP contribution in [0, 0.1) is 5.92 Å². The van der Waals surface area contributed by atoms with Crippen molar-refractivity contribution in [2.24, 2.45) is 5.92 Å². The van der Waals surface area contributed by atoms with E-state index in [9.17, 15) is 9.59 Å². The number of nitrogens with one attached hydrogen (secondary N) is 1. The van der Waals surface area contributed by atoms with Gasteiger partial charge in [0.25, 0.3) is 0 Å². The average Bonchev–Trinajstić information content (AvgIpc) is 2.96. The van der Waals surface area contributed by atoms with Crippen LogP contribution >= 0.6 is 15.9 Å². The number of benzene rings is 1. The van der Waals surface area contributed by atoms with Crippen LogP contribution in [-0.4, -0.2) is 29.3 Å². The number of carbonyl (C=O) groups is 2. The Balaban J connectivity index is 2.01. The SMILES string of the molecule is CC(C)C(=O)N1CCC[C@@H]1C(=O)N[C@@H](C)c1ccc(Br)cc1. The van der Waals surface area contributed by atoms with Crippen molar-refractivity contribution >= 4 is 27.7 Å². The van der Waals surface area contributed by atoms with Gasteiger partial charge in [-0.1, -0.05) is 41.9 Å². The Morgan fingerprint density at radius 2 is 1.86 bits per heavy atom. The Bertz CT molecular complexity index is 542. The molecule has 0 saturated carbocycles. The second-order valence-corrected chi connectivity index (χ2v) is 7.04. The molecular formula is C17H23BrN2O2. The summed E-state index contributed by atoms with van der Waals surface area (Å²) in [6.45, 7) is 6.40. The van der Waals surface area contributed by atoms with Gasteiger partial charge in [-0.2, -0.15) is 0 Å². The Morgan fingerprint density at radius 1 is 1.23 bits per heavy atom. The molecule has 0 bridgehead atoms. The van der Waals surface area contributed by atoms with Gasteiger partial charge in [0.05, 0.1) is 6.04 Å². The van der Waals surface area contributed by atoms with E-state index in [1.54, 1.807) is 4.90 Å². The molecule has 1 aromatic carbocycles. The van der Waals surface area contributed by atoms with E-state index >= 15 is 0 Å². The minimum absolute atomic E-state index is 0.0538. The molecule has 1 aliphatic heterocycles. The minimum atomic E-state index is -0.326. The molecule has 22 heavy (non-hydrogen) atoms. The number of rotatable bonds is 4. The zero-order chi connectivity index (χ0) is 16.3. The second-order valence-electron chi connectivity index (χ2n) is 6.13. The van der Waals surface area contributed by atoms with Crippen molar-refractivity contribution in [1.82, 2.24) is 10.2 Å². The highest BCUT2D eigenvalue weighted by atomic mass is 79.9. The van der Waals surface area contributed by atoms with Crippen LogP contribution in [0.15, 0.2) is 28.7 Å². The quantitative estimate of drug-likeness (QED) is 0.888. The highest BCUT2D eigenvalue weighted by Gasteiger charge is 2.35. The fourth-order valence-electron chi connectivity index (χ4n) is 2.78. The van der Waals surface area contributed by atoms with Gasteiger partial charge in [-0.05, 0) is 37.5 Å². The maximum atomic E-state index is 12.5. The van der Waals surface area contributed by atoms with Crippen molar-refractivity contribution in [1.29, 1.82) is 0 Å². The summed E-state index contributed by atoms with van der Waals surface area (Å²) in [6, 6.07) is 7.50. The third kappa shape index (κ3) is 3.88. The van der Waals surface area contributed by atoms with Crippen LogP contribution in [0.2, 0.25) is 0 Å². The van der Waals surface area contributed by atoms with Gasteiger partial charge < -0.3 is 10.2 Å². The van der Waals surface area contributed by atoms with Crippen LogP contribution < -0.4 is 5.32 Å². The lowest BCUT2D eigenvalue weighted by atomic mass is 10.1. The summed E-state index contributed by atoms with van der Waals surface area (Å²) in [6.07, 6.45) is 1.64. The van der Waals surface area contributed by atoms with Gasteiger partial charge in [-0.3, -0.25) is 9.59 Å². The van der Waals surface area contributed by atoms with Crippen LogP contribution in [0.3, 0.4) is 0 Å². The minimum Gasteiger partial charge on any atom is -0.348 e. The van der Waals surface area contributed by atoms with Crippen LogP contribution in [0.25, 0.3) is 0 Å². The summed E-state index contributed by atoms with van der Waals surface area (Å²) < 4.78 is 1.01. The average molecular weight is 367 g/mol. The molecule has 1 aliphatic rings. The summed E-state index contributed by atoms with van der Waals surface area (Å²) in [7, 11) is 0. The molecular weight excluding hydrogens is 344 g/mol. The van der Waals surface area contributed by atoms with Crippen molar-refractivity contribution in [3.8, 4) is 0 Å². The number of hydrogen-bond donors (Lipinski definition) is 1. The lowest BCUT2D eigenvalue weighted by Gasteiger charge is -2.27.